The van der Waals surface area contributed by atoms with Crippen LogP contribution >= 0.6 is 11.8 Å². The van der Waals surface area contributed by atoms with Crippen LogP contribution in [0.25, 0.3) is 0 Å². The Labute approximate surface area is 136 Å². The molecule has 0 unspecified atom stereocenters. The van der Waals surface area contributed by atoms with Gasteiger partial charge in [0.05, 0.1) is 10.8 Å². The first-order valence-corrected chi connectivity index (χ1v) is 7.80. The van der Waals surface area contributed by atoms with Gasteiger partial charge in [-0.15, -0.1) is 0 Å². The monoisotopic (exact) mass is 335 g/mol. The van der Waals surface area contributed by atoms with Gasteiger partial charge in [-0.2, -0.15) is 0 Å². The highest BCUT2D eigenvalue weighted by atomic mass is 32.2. The first-order chi connectivity index (χ1) is 10.8. The topological polar surface area (TPSA) is 121 Å². The number of nitrogens with one attached hydrogen (secondary N) is 3. The largest absolute Gasteiger partial charge is 0.351 e. The van der Waals surface area contributed by atoms with Crippen LogP contribution in [-0.2, 0) is 11.3 Å². The third-order valence-corrected chi connectivity index (χ3v) is 3.92. The Balaban J connectivity index is 1.97. The van der Waals surface area contributed by atoms with E-state index >= 15 is 0 Å². The number of aromatic amines is 2. The Morgan fingerprint density at radius 3 is 2.57 bits per heavy atom. The molecule has 9 heteroatoms. The average Bonchev–Trinajstić information content (AvgIpc) is 2.44. The lowest BCUT2D eigenvalue weighted by Gasteiger charge is -2.11. The van der Waals surface area contributed by atoms with Crippen molar-refractivity contribution < 1.29 is 4.79 Å². The van der Waals surface area contributed by atoms with Crippen LogP contribution in [0.15, 0.2) is 27.0 Å². The zero-order chi connectivity index (χ0) is 17.0. The first-order valence-electron chi connectivity index (χ1n) is 6.92. The minimum absolute atomic E-state index is 0.0313. The lowest BCUT2D eigenvalue weighted by atomic mass is 10.3. The Morgan fingerprint density at radius 2 is 1.96 bits per heavy atom. The average molecular weight is 335 g/mol. The molecule has 23 heavy (non-hydrogen) atoms. The summed E-state index contributed by atoms with van der Waals surface area (Å²) in [5.74, 6) is -0.247. The van der Waals surface area contributed by atoms with E-state index in [1.807, 2.05) is 19.9 Å². The van der Waals surface area contributed by atoms with Gasteiger partial charge in [-0.1, -0.05) is 11.8 Å². The number of aromatic nitrogens is 4. The summed E-state index contributed by atoms with van der Waals surface area (Å²) in [5.41, 5.74) is 0.852. The number of nitrogens with zero attached hydrogens (tertiary/aromatic N) is 2. The second-order valence-corrected chi connectivity index (χ2v) is 6.32. The third kappa shape index (κ3) is 4.78. The smallest absolute Gasteiger partial charge is 0.325 e. The number of H-pyrrole nitrogens is 2. The Morgan fingerprint density at radius 1 is 1.30 bits per heavy atom. The molecule has 0 aromatic carbocycles. The van der Waals surface area contributed by atoms with Crippen LogP contribution in [0.3, 0.4) is 0 Å². The van der Waals surface area contributed by atoms with Crippen LogP contribution in [0.4, 0.5) is 0 Å². The number of rotatable bonds is 5. The van der Waals surface area contributed by atoms with E-state index in [4.69, 9.17) is 0 Å². The van der Waals surface area contributed by atoms with Crippen LogP contribution in [0, 0.1) is 13.8 Å². The molecule has 2 aromatic rings. The van der Waals surface area contributed by atoms with E-state index in [-0.39, 0.29) is 18.0 Å². The molecule has 0 radical (unpaired) electrons. The fourth-order valence-corrected chi connectivity index (χ4v) is 2.75. The van der Waals surface area contributed by atoms with Crippen LogP contribution < -0.4 is 16.6 Å². The molecule has 2 rings (SSSR count). The third-order valence-electron chi connectivity index (χ3n) is 2.96. The van der Waals surface area contributed by atoms with Crippen LogP contribution in [0.2, 0.25) is 0 Å². The van der Waals surface area contributed by atoms with Crippen LogP contribution in [-0.4, -0.2) is 31.1 Å². The number of thioether (sulfide) groups is 1. The van der Waals surface area contributed by atoms with Gasteiger partial charge in [0.25, 0.3) is 5.56 Å². The van der Waals surface area contributed by atoms with Gasteiger partial charge >= 0.3 is 5.69 Å². The second kappa shape index (κ2) is 7.23. The molecule has 1 amide bonds. The lowest BCUT2D eigenvalue weighted by molar-refractivity contribution is -0.120. The maximum absolute atomic E-state index is 12.1. The van der Waals surface area contributed by atoms with Gasteiger partial charge in [-0.3, -0.25) is 14.6 Å². The summed E-state index contributed by atoms with van der Waals surface area (Å²) in [5, 5.41) is 2.77. The molecule has 2 aromatic heterocycles. The molecule has 0 saturated carbocycles. The standard InChI is InChI=1S/C14H17N5O3S/c1-7-4-8(2)18-14(17-7)23-9(3)11(20)15-5-10-6-16-13(22)19-12(10)21/h4,6,9H,5H2,1-3H3,(H,15,20)(H2,16,19,21,22)/t9-/m0/s1. The minimum Gasteiger partial charge on any atom is -0.351 e. The van der Waals surface area contributed by atoms with E-state index in [2.05, 4.69) is 25.3 Å². The number of hydrogen-bond donors (Lipinski definition) is 3. The quantitative estimate of drug-likeness (QED) is 0.533. The number of carbonyl (C=O) groups is 1. The Hall–Kier alpha value is -2.42. The first kappa shape index (κ1) is 16.9. The van der Waals surface area contributed by atoms with Gasteiger partial charge in [0.15, 0.2) is 5.16 Å². The van der Waals surface area contributed by atoms with E-state index in [0.717, 1.165) is 11.4 Å². The molecule has 0 fully saturated rings. The molecule has 3 N–H and O–H groups in total. The highest BCUT2D eigenvalue weighted by molar-refractivity contribution is 8.00. The van der Waals surface area contributed by atoms with Crippen molar-refractivity contribution in [2.24, 2.45) is 0 Å². The van der Waals surface area contributed by atoms with Crippen molar-refractivity contribution in [3.8, 4) is 0 Å². The van der Waals surface area contributed by atoms with Crippen molar-refractivity contribution in [2.75, 3.05) is 0 Å². The van der Waals surface area contributed by atoms with E-state index in [1.54, 1.807) is 6.92 Å². The van der Waals surface area contributed by atoms with E-state index in [0.29, 0.717) is 5.16 Å². The fraction of sp³-hybridized carbons (Fsp3) is 0.357. The van der Waals surface area contributed by atoms with Crippen LogP contribution in [0.5, 0.6) is 0 Å². The Bertz CT molecular complexity index is 809. The highest BCUT2D eigenvalue weighted by Gasteiger charge is 2.16. The molecule has 0 aliphatic rings. The molecular formula is C14H17N5O3S. The SMILES string of the molecule is Cc1cc(C)nc(S[C@@H](C)C(=O)NCc2c[nH]c(=O)[nH]c2=O)n1. The Kier molecular flexibility index (Phi) is 5.32. The zero-order valence-electron chi connectivity index (χ0n) is 13.0. The summed E-state index contributed by atoms with van der Waals surface area (Å²) in [6.07, 6.45) is 1.28. The summed E-state index contributed by atoms with van der Waals surface area (Å²) < 4.78 is 0. The molecule has 1 atom stereocenters. The predicted molar refractivity (Wildman–Crippen MR) is 86.4 cm³/mol. The van der Waals surface area contributed by atoms with E-state index < -0.39 is 16.5 Å². The van der Waals surface area contributed by atoms with Gasteiger partial charge in [0, 0.05) is 24.1 Å². The van der Waals surface area contributed by atoms with Crippen LogP contribution in [0.1, 0.15) is 23.9 Å². The molecule has 2 heterocycles. The van der Waals surface area contributed by atoms with E-state index in [9.17, 15) is 14.4 Å². The molecule has 0 aliphatic carbocycles. The molecule has 8 nitrogen and oxygen atoms in total. The van der Waals surface area contributed by atoms with Crippen molar-refractivity contribution in [1.82, 2.24) is 25.3 Å². The minimum atomic E-state index is -0.582. The fourth-order valence-electron chi connectivity index (χ4n) is 1.85. The maximum atomic E-state index is 12.1. The molecule has 0 saturated heterocycles. The van der Waals surface area contributed by atoms with Crippen molar-refractivity contribution >= 4 is 17.7 Å². The summed E-state index contributed by atoms with van der Waals surface area (Å²) in [7, 11) is 0. The van der Waals surface area contributed by atoms with Crippen molar-refractivity contribution in [2.45, 2.75) is 37.7 Å². The van der Waals surface area contributed by atoms with Gasteiger partial charge in [-0.05, 0) is 26.8 Å². The number of carbonyl (C=O) groups excluding carboxylic acids is 1. The van der Waals surface area contributed by atoms with Gasteiger partial charge < -0.3 is 10.3 Å². The number of amides is 1. The van der Waals surface area contributed by atoms with Crippen molar-refractivity contribution in [3.05, 3.63) is 50.1 Å². The lowest BCUT2D eigenvalue weighted by Crippen LogP contribution is -2.34. The molecule has 0 spiro atoms. The highest BCUT2D eigenvalue weighted by Crippen LogP contribution is 2.20. The maximum Gasteiger partial charge on any atom is 0.325 e. The van der Waals surface area contributed by atoms with E-state index in [1.165, 1.54) is 18.0 Å². The zero-order valence-corrected chi connectivity index (χ0v) is 13.8. The van der Waals surface area contributed by atoms with Crippen molar-refractivity contribution in [3.63, 3.8) is 0 Å². The molecule has 0 bridgehead atoms. The normalized spacial score (nSPS) is 12.0. The summed E-state index contributed by atoms with van der Waals surface area (Å²) in [6.45, 7) is 5.50. The summed E-state index contributed by atoms with van der Waals surface area (Å²) >= 11 is 1.24. The van der Waals surface area contributed by atoms with Crippen molar-refractivity contribution in [1.29, 1.82) is 0 Å². The predicted octanol–water partition coefficient (Wildman–Crippen LogP) is 0.267. The molecule has 122 valence electrons. The molecule has 0 aliphatic heterocycles. The summed E-state index contributed by atoms with van der Waals surface area (Å²) in [6, 6.07) is 1.86. The summed E-state index contributed by atoms with van der Waals surface area (Å²) in [4.78, 5) is 47.6. The van der Waals surface area contributed by atoms with Gasteiger partial charge in [-0.25, -0.2) is 14.8 Å². The number of aryl methyl sites for hydroxylation is 2. The second-order valence-electron chi connectivity index (χ2n) is 5.01. The molecular weight excluding hydrogens is 318 g/mol. The van der Waals surface area contributed by atoms with Gasteiger partial charge in [0.1, 0.15) is 0 Å². The number of hydrogen-bond acceptors (Lipinski definition) is 6. The van der Waals surface area contributed by atoms with Gasteiger partial charge in [0.2, 0.25) is 5.91 Å².